The van der Waals surface area contributed by atoms with Crippen LogP contribution in [0.25, 0.3) is 11.0 Å². The van der Waals surface area contributed by atoms with Crippen molar-refractivity contribution >= 4 is 34.4 Å². The predicted octanol–water partition coefficient (Wildman–Crippen LogP) is 2.86. The van der Waals surface area contributed by atoms with Crippen LogP contribution in [0.1, 0.15) is 5.56 Å². The van der Waals surface area contributed by atoms with Crippen LogP contribution >= 0.6 is 11.6 Å². The molecule has 3 N–H and O–H groups in total. The van der Waals surface area contributed by atoms with Crippen molar-refractivity contribution in [1.29, 1.82) is 0 Å². The van der Waals surface area contributed by atoms with Crippen molar-refractivity contribution in [3.8, 4) is 0 Å². The molecule has 2 heterocycles. The van der Waals surface area contributed by atoms with Crippen molar-refractivity contribution in [3.05, 3.63) is 63.5 Å². The monoisotopic (exact) mass is 385 g/mol. The number of hydrogen-bond donors (Lipinski definition) is 3. The molecule has 0 radical (unpaired) electrons. The largest absolute Gasteiger partial charge is 0.323 e. The second-order valence-corrected chi connectivity index (χ2v) is 7.10. The van der Waals surface area contributed by atoms with Crippen LogP contribution in [-0.4, -0.2) is 52.0 Å². The van der Waals surface area contributed by atoms with Gasteiger partial charge in [-0.05, 0) is 35.9 Å². The van der Waals surface area contributed by atoms with Crippen LogP contribution in [0.4, 0.5) is 10.5 Å². The van der Waals surface area contributed by atoms with E-state index in [1.54, 1.807) is 18.2 Å². The maximum atomic E-state index is 12.5. The average molecular weight is 386 g/mol. The highest BCUT2D eigenvalue weighted by atomic mass is 35.5. The van der Waals surface area contributed by atoms with Crippen LogP contribution in [0.3, 0.4) is 0 Å². The molecule has 1 saturated heterocycles. The van der Waals surface area contributed by atoms with Gasteiger partial charge in [0.05, 0.1) is 11.0 Å². The minimum absolute atomic E-state index is 0.127. The van der Waals surface area contributed by atoms with E-state index in [0.29, 0.717) is 29.8 Å². The van der Waals surface area contributed by atoms with E-state index in [1.165, 1.54) is 5.56 Å². The first kappa shape index (κ1) is 17.6. The van der Waals surface area contributed by atoms with Gasteiger partial charge in [0.15, 0.2) is 0 Å². The summed E-state index contributed by atoms with van der Waals surface area (Å²) in [5.41, 5.74) is 3.00. The molecule has 0 atom stereocenters. The molecule has 27 heavy (non-hydrogen) atoms. The molecule has 8 heteroatoms. The molecule has 1 aliphatic heterocycles. The molecule has 0 bridgehead atoms. The Kier molecular flexibility index (Phi) is 4.87. The normalized spacial score (nSPS) is 15.2. The Balaban J connectivity index is 1.32. The lowest BCUT2D eigenvalue weighted by Crippen LogP contribution is -2.49. The first-order valence-corrected chi connectivity index (χ1v) is 9.19. The molecule has 0 saturated carbocycles. The molecule has 2 aromatic carbocycles. The number of nitrogens with one attached hydrogen (secondary N) is 3. The summed E-state index contributed by atoms with van der Waals surface area (Å²) >= 11 is 5.92. The third-order valence-corrected chi connectivity index (χ3v) is 5.00. The summed E-state index contributed by atoms with van der Waals surface area (Å²) < 4.78 is 0. The van der Waals surface area contributed by atoms with Crippen LogP contribution < -0.4 is 11.0 Å². The topological polar surface area (TPSA) is 84.2 Å². The number of amides is 2. The van der Waals surface area contributed by atoms with Gasteiger partial charge in [-0.15, -0.1) is 0 Å². The fourth-order valence-corrected chi connectivity index (χ4v) is 3.40. The summed E-state index contributed by atoms with van der Waals surface area (Å²) in [5, 5.41) is 3.64. The van der Waals surface area contributed by atoms with Gasteiger partial charge in [-0.2, -0.15) is 0 Å². The first-order chi connectivity index (χ1) is 13.1. The van der Waals surface area contributed by atoms with E-state index >= 15 is 0 Å². The molecule has 1 fully saturated rings. The highest BCUT2D eigenvalue weighted by molar-refractivity contribution is 6.30. The molecule has 0 aliphatic carbocycles. The van der Waals surface area contributed by atoms with Gasteiger partial charge < -0.3 is 20.2 Å². The predicted molar refractivity (Wildman–Crippen MR) is 106 cm³/mol. The standard InChI is InChI=1S/C19H20ClN5O2/c20-14-3-1-13(2-4-14)12-24-7-9-25(10-8-24)19(27)21-15-5-6-16-17(11-15)23-18(26)22-16/h1-6,11H,7-10,12H2,(H,21,27)(H2,22,23,26). The van der Waals surface area contributed by atoms with E-state index in [0.717, 1.165) is 24.7 Å². The molecule has 3 aromatic rings. The molecule has 0 spiro atoms. The number of carbonyl (C=O) groups excluding carboxylic acids is 1. The minimum atomic E-state index is -0.259. The van der Waals surface area contributed by atoms with E-state index in [2.05, 4.69) is 20.2 Å². The number of rotatable bonds is 3. The van der Waals surface area contributed by atoms with Crippen LogP contribution in [0.5, 0.6) is 0 Å². The molecule has 7 nitrogen and oxygen atoms in total. The number of carbonyl (C=O) groups is 1. The zero-order valence-corrected chi connectivity index (χ0v) is 15.4. The molecular weight excluding hydrogens is 366 g/mol. The lowest BCUT2D eigenvalue weighted by molar-refractivity contribution is 0.143. The van der Waals surface area contributed by atoms with E-state index < -0.39 is 0 Å². The Hall–Kier alpha value is -2.77. The molecule has 4 rings (SSSR count). The fourth-order valence-electron chi connectivity index (χ4n) is 3.27. The van der Waals surface area contributed by atoms with Crippen LogP contribution in [0.2, 0.25) is 5.02 Å². The highest BCUT2D eigenvalue weighted by Crippen LogP contribution is 2.16. The summed E-state index contributed by atoms with van der Waals surface area (Å²) in [6, 6.07) is 13.0. The molecule has 140 valence electrons. The van der Waals surface area contributed by atoms with Gasteiger partial charge >= 0.3 is 11.7 Å². The lowest BCUT2D eigenvalue weighted by atomic mass is 10.2. The van der Waals surface area contributed by atoms with E-state index in [4.69, 9.17) is 11.6 Å². The number of H-pyrrole nitrogens is 2. The number of piperazine rings is 1. The Bertz CT molecular complexity index is 1000. The van der Waals surface area contributed by atoms with Gasteiger partial charge in [-0.25, -0.2) is 9.59 Å². The molecular formula is C19H20ClN5O2. The molecule has 1 aliphatic rings. The number of anilines is 1. The maximum absolute atomic E-state index is 12.5. The van der Waals surface area contributed by atoms with Crippen molar-refractivity contribution in [3.63, 3.8) is 0 Å². The summed E-state index contributed by atoms with van der Waals surface area (Å²) in [7, 11) is 0. The van der Waals surface area contributed by atoms with Crippen molar-refractivity contribution in [2.45, 2.75) is 6.54 Å². The molecule has 0 unspecified atom stereocenters. The van der Waals surface area contributed by atoms with Crippen molar-refractivity contribution in [2.24, 2.45) is 0 Å². The number of fused-ring (bicyclic) bond motifs is 1. The summed E-state index contributed by atoms with van der Waals surface area (Å²) in [6.45, 7) is 3.83. The Morgan fingerprint density at radius 2 is 1.70 bits per heavy atom. The van der Waals surface area contributed by atoms with Crippen molar-refractivity contribution in [1.82, 2.24) is 19.8 Å². The fraction of sp³-hybridized carbons (Fsp3) is 0.263. The van der Waals surface area contributed by atoms with Crippen LogP contribution in [0, 0.1) is 0 Å². The summed E-state index contributed by atoms with van der Waals surface area (Å²) in [5.74, 6) is 0. The zero-order chi connectivity index (χ0) is 18.8. The number of aromatic amines is 2. The second-order valence-electron chi connectivity index (χ2n) is 6.66. The molecule has 2 amide bonds. The van der Waals surface area contributed by atoms with Gasteiger partial charge in [0.25, 0.3) is 0 Å². The average Bonchev–Trinajstić information content (AvgIpc) is 3.03. The van der Waals surface area contributed by atoms with Gasteiger partial charge in [0, 0.05) is 43.4 Å². The third kappa shape index (κ3) is 4.15. The lowest BCUT2D eigenvalue weighted by Gasteiger charge is -2.34. The minimum Gasteiger partial charge on any atom is -0.322 e. The Labute approximate surface area is 160 Å². The second kappa shape index (κ2) is 7.46. The SMILES string of the molecule is O=C(Nc1ccc2[nH]c(=O)[nH]c2c1)N1CCN(Cc2ccc(Cl)cc2)CC1. The number of aromatic nitrogens is 2. The quantitative estimate of drug-likeness (QED) is 0.648. The third-order valence-electron chi connectivity index (χ3n) is 4.75. The highest BCUT2D eigenvalue weighted by Gasteiger charge is 2.21. The van der Waals surface area contributed by atoms with Gasteiger partial charge in [-0.1, -0.05) is 23.7 Å². The van der Waals surface area contributed by atoms with Gasteiger partial charge in [0.1, 0.15) is 0 Å². The van der Waals surface area contributed by atoms with Gasteiger partial charge in [-0.3, -0.25) is 4.90 Å². The summed E-state index contributed by atoms with van der Waals surface area (Å²) in [4.78, 5) is 33.4. The van der Waals surface area contributed by atoms with Gasteiger partial charge in [0.2, 0.25) is 0 Å². The summed E-state index contributed by atoms with van der Waals surface area (Å²) in [6.07, 6.45) is 0. The number of benzene rings is 2. The first-order valence-electron chi connectivity index (χ1n) is 8.81. The number of halogens is 1. The van der Waals surface area contributed by atoms with Crippen LogP contribution in [-0.2, 0) is 6.54 Å². The number of nitrogens with zero attached hydrogens (tertiary/aromatic N) is 2. The maximum Gasteiger partial charge on any atom is 0.323 e. The molecule has 1 aromatic heterocycles. The smallest absolute Gasteiger partial charge is 0.322 e. The van der Waals surface area contributed by atoms with E-state index in [1.807, 2.05) is 29.2 Å². The number of urea groups is 1. The van der Waals surface area contributed by atoms with Crippen LogP contribution in [0.15, 0.2) is 47.3 Å². The zero-order valence-electron chi connectivity index (χ0n) is 14.7. The van der Waals surface area contributed by atoms with E-state index in [-0.39, 0.29) is 11.7 Å². The number of imidazole rings is 1. The number of hydrogen-bond acceptors (Lipinski definition) is 3. The van der Waals surface area contributed by atoms with Crippen molar-refractivity contribution < 1.29 is 4.79 Å². The van der Waals surface area contributed by atoms with Crippen molar-refractivity contribution in [2.75, 3.05) is 31.5 Å². The Morgan fingerprint density at radius 1 is 1.00 bits per heavy atom. The van der Waals surface area contributed by atoms with E-state index in [9.17, 15) is 9.59 Å². The Morgan fingerprint density at radius 3 is 2.44 bits per heavy atom.